The van der Waals surface area contributed by atoms with E-state index in [-0.39, 0.29) is 24.1 Å². The molecular weight excluding hydrogens is 442 g/mol. The molecule has 8 nitrogen and oxygen atoms in total. The van der Waals surface area contributed by atoms with E-state index in [0.29, 0.717) is 23.9 Å². The molecule has 1 aliphatic carbocycles. The van der Waals surface area contributed by atoms with Crippen LogP contribution in [0.1, 0.15) is 51.5 Å². The van der Waals surface area contributed by atoms with Gasteiger partial charge in [0.25, 0.3) is 5.91 Å². The molecule has 1 atom stereocenters. The number of carbonyl (C=O) groups is 3. The van der Waals surface area contributed by atoms with Crippen LogP contribution >= 0.6 is 0 Å². The van der Waals surface area contributed by atoms with Crippen LogP contribution in [-0.2, 0) is 14.4 Å². The molecule has 2 heterocycles. The molecule has 35 heavy (non-hydrogen) atoms. The van der Waals surface area contributed by atoms with Crippen LogP contribution in [0.2, 0.25) is 0 Å². The van der Waals surface area contributed by atoms with Gasteiger partial charge in [0, 0.05) is 24.8 Å². The van der Waals surface area contributed by atoms with Crippen molar-refractivity contribution in [1.82, 2.24) is 9.55 Å². The van der Waals surface area contributed by atoms with Gasteiger partial charge in [-0.05, 0) is 68.5 Å². The van der Waals surface area contributed by atoms with E-state index in [1.54, 1.807) is 29.2 Å². The molecule has 8 heteroatoms. The summed E-state index contributed by atoms with van der Waals surface area (Å²) in [7, 11) is 0. The predicted octanol–water partition coefficient (Wildman–Crippen LogP) is 4.80. The summed E-state index contributed by atoms with van der Waals surface area (Å²) in [6, 6.07) is 14.0. The van der Waals surface area contributed by atoms with Crippen molar-refractivity contribution in [2.75, 3.05) is 22.1 Å². The number of hydrogen-bond acceptors (Lipinski definition) is 4. The Balaban J connectivity index is 1.34. The Morgan fingerprint density at radius 2 is 1.77 bits per heavy atom. The number of nitrogens with zero attached hydrogens (tertiary/aromatic N) is 3. The van der Waals surface area contributed by atoms with E-state index < -0.39 is 6.04 Å². The SMILES string of the molecule is CC(=O)Nc1ccc(NC(=O)C[C@@H]2C(=O)N(CCC3=CCCCC3)c3nc4ccccc4n32)cc1. The maximum Gasteiger partial charge on any atom is 0.253 e. The number of allylic oxidation sites excluding steroid dienone is 1. The Bertz CT molecular complexity index is 1310. The van der Waals surface area contributed by atoms with Crippen LogP contribution in [-0.4, -0.2) is 33.8 Å². The van der Waals surface area contributed by atoms with Crippen LogP contribution < -0.4 is 15.5 Å². The number of imidazole rings is 1. The van der Waals surface area contributed by atoms with E-state index in [1.165, 1.54) is 25.3 Å². The van der Waals surface area contributed by atoms with Gasteiger partial charge in [0.05, 0.1) is 17.5 Å². The topological polar surface area (TPSA) is 96.3 Å². The molecule has 180 valence electrons. The number of amides is 3. The summed E-state index contributed by atoms with van der Waals surface area (Å²) >= 11 is 0. The van der Waals surface area contributed by atoms with E-state index >= 15 is 0 Å². The highest BCUT2D eigenvalue weighted by molar-refractivity contribution is 6.05. The Kier molecular flexibility index (Phi) is 6.35. The van der Waals surface area contributed by atoms with Crippen LogP contribution in [0.3, 0.4) is 0 Å². The molecule has 0 fully saturated rings. The second-order valence-corrected chi connectivity index (χ2v) is 9.15. The molecule has 2 aliphatic rings. The van der Waals surface area contributed by atoms with Gasteiger partial charge in [0.2, 0.25) is 17.8 Å². The third-order valence-electron chi connectivity index (χ3n) is 6.59. The lowest BCUT2D eigenvalue weighted by molar-refractivity contribution is -0.124. The molecule has 0 spiro atoms. The molecular formula is C27H29N5O3. The summed E-state index contributed by atoms with van der Waals surface area (Å²) in [6.45, 7) is 2.01. The van der Waals surface area contributed by atoms with Crippen molar-refractivity contribution in [3.8, 4) is 0 Å². The maximum absolute atomic E-state index is 13.5. The lowest BCUT2D eigenvalue weighted by Gasteiger charge is -2.18. The monoisotopic (exact) mass is 471 g/mol. The van der Waals surface area contributed by atoms with Gasteiger partial charge < -0.3 is 10.6 Å². The highest BCUT2D eigenvalue weighted by Crippen LogP contribution is 2.37. The highest BCUT2D eigenvalue weighted by atomic mass is 16.2. The normalized spacial score (nSPS) is 17.3. The molecule has 0 radical (unpaired) electrons. The minimum absolute atomic E-state index is 0.0127. The molecule has 3 amide bonds. The molecule has 0 saturated carbocycles. The number of rotatable bonds is 7. The first-order valence-corrected chi connectivity index (χ1v) is 12.1. The van der Waals surface area contributed by atoms with Gasteiger partial charge in [-0.15, -0.1) is 0 Å². The predicted molar refractivity (Wildman–Crippen MR) is 136 cm³/mol. The van der Waals surface area contributed by atoms with Gasteiger partial charge in [-0.1, -0.05) is 23.8 Å². The summed E-state index contributed by atoms with van der Waals surface area (Å²) in [5, 5.41) is 5.57. The zero-order valence-corrected chi connectivity index (χ0v) is 19.8. The summed E-state index contributed by atoms with van der Waals surface area (Å²) in [5.41, 5.74) is 4.32. The second kappa shape index (κ2) is 9.74. The van der Waals surface area contributed by atoms with E-state index in [1.807, 2.05) is 28.8 Å². The molecule has 0 saturated heterocycles. The van der Waals surface area contributed by atoms with Crippen LogP contribution in [0.15, 0.2) is 60.2 Å². The lowest BCUT2D eigenvalue weighted by Crippen LogP contribution is -2.32. The zero-order valence-electron chi connectivity index (χ0n) is 19.8. The van der Waals surface area contributed by atoms with E-state index in [9.17, 15) is 14.4 Å². The minimum atomic E-state index is -0.642. The van der Waals surface area contributed by atoms with E-state index in [0.717, 1.165) is 30.3 Å². The van der Waals surface area contributed by atoms with Gasteiger partial charge in [-0.25, -0.2) is 4.98 Å². The van der Waals surface area contributed by atoms with Crippen LogP contribution in [0.5, 0.6) is 0 Å². The smallest absolute Gasteiger partial charge is 0.253 e. The molecule has 2 aromatic carbocycles. The quantitative estimate of drug-likeness (QED) is 0.484. The Morgan fingerprint density at radius 1 is 1.03 bits per heavy atom. The number of carbonyl (C=O) groups excluding carboxylic acids is 3. The number of anilines is 3. The number of nitrogens with one attached hydrogen (secondary N) is 2. The fourth-order valence-electron chi connectivity index (χ4n) is 4.92. The Labute approximate surface area is 204 Å². The van der Waals surface area contributed by atoms with Crippen molar-refractivity contribution in [2.45, 2.75) is 51.5 Å². The minimum Gasteiger partial charge on any atom is -0.326 e. The van der Waals surface area contributed by atoms with Gasteiger partial charge in [-0.2, -0.15) is 0 Å². The van der Waals surface area contributed by atoms with Gasteiger partial charge in [0.15, 0.2) is 0 Å². The van der Waals surface area contributed by atoms with Crippen molar-refractivity contribution in [1.29, 1.82) is 0 Å². The molecule has 5 rings (SSSR count). The first-order valence-electron chi connectivity index (χ1n) is 12.1. The van der Waals surface area contributed by atoms with Gasteiger partial charge in [-0.3, -0.25) is 23.9 Å². The first-order chi connectivity index (χ1) is 17.0. The lowest BCUT2D eigenvalue weighted by atomic mass is 9.97. The van der Waals surface area contributed by atoms with Crippen molar-refractivity contribution in [2.24, 2.45) is 0 Å². The van der Waals surface area contributed by atoms with Gasteiger partial charge in [0.1, 0.15) is 6.04 Å². The molecule has 0 bridgehead atoms. The van der Waals surface area contributed by atoms with Crippen molar-refractivity contribution >= 4 is 46.1 Å². The molecule has 0 unspecified atom stereocenters. The largest absolute Gasteiger partial charge is 0.326 e. The fraction of sp³-hybridized carbons (Fsp3) is 0.333. The zero-order chi connectivity index (χ0) is 24.4. The van der Waals surface area contributed by atoms with Crippen molar-refractivity contribution in [3.63, 3.8) is 0 Å². The Hall–Kier alpha value is -3.94. The first kappa shape index (κ1) is 22.8. The van der Waals surface area contributed by atoms with E-state index in [4.69, 9.17) is 4.98 Å². The number of fused-ring (bicyclic) bond motifs is 3. The number of hydrogen-bond donors (Lipinski definition) is 2. The highest BCUT2D eigenvalue weighted by Gasteiger charge is 2.40. The standard InChI is InChI=1S/C27H29N5O3/c1-18(33)28-20-11-13-21(14-12-20)29-25(34)17-24-26(35)31(16-15-19-7-3-2-4-8-19)27-30-22-9-5-6-10-23(22)32(24)27/h5-7,9-14,24H,2-4,8,15-17H2,1H3,(H,28,33)(H,29,34)/t24-/m1/s1. The third-order valence-corrected chi connectivity index (χ3v) is 6.59. The Morgan fingerprint density at radius 3 is 2.49 bits per heavy atom. The average Bonchev–Trinajstić information content (AvgIpc) is 3.34. The maximum atomic E-state index is 13.5. The van der Waals surface area contributed by atoms with E-state index in [2.05, 4.69) is 16.7 Å². The summed E-state index contributed by atoms with van der Waals surface area (Å²) in [5.74, 6) is 0.112. The average molecular weight is 472 g/mol. The van der Waals surface area contributed by atoms with Crippen LogP contribution in [0.25, 0.3) is 11.0 Å². The molecule has 1 aliphatic heterocycles. The summed E-state index contributed by atoms with van der Waals surface area (Å²) in [4.78, 5) is 44.2. The van der Waals surface area contributed by atoms with Crippen LogP contribution in [0, 0.1) is 0 Å². The molecule has 1 aromatic heterocycles. The second-order valence-electron chi connectivity index (χ2n) is 9.15. The summed E-state index contributed by atoms with van der Waals surface area (Å²) < 4.78 is 1.91. The number of aromatic nitrogens is 2. The number of benzene rings is 2. The van der Waals surface area contributed by atoms with Crippen molar-refractivity contribution in [3.05, 3.63) is 60.2 Å². The number of para-hydroxylation sites is 2. The fourth-order valence-corrected chi connectivity index (χ4v) is 4.92. The third kappa shape index (κ3) is 4.82. The molecule has 2 N–H and O–H groups in total. The van der Waals surface area contributed by atoms with Crippen molar-refractivity contribution < 1.29 is 14.4 Å². The van der Waals surface area contributed by atoms with Crippen LogP contribution in [0.4, 0.5) is 17.3 Å². The molecule has 3 aromatic rings. The van der Waals surface area contributed by atoms with Gasteiger partial charge >= 0.3 is 0 Å². The summed E-state index contributed by atoms with van der Waals surface area (Å²) in [6.07, 6.45) is 7.77.